The average Bonchev–Trinajstić information content (AvgIpc) is 3.13. The van der Waals surface area contributed by atoms with Crippen molar-refractivity contribution in [3.05, 3.63) is 29.3 Å². The van der Waals surface area contributed by atoms with Crippen LogP contribution in [0.1, 0.15) is 32.6 Å². The van der Waals surface area contributed by atoms with Crippen LogP contribution in [-0.2, 0) is 0 Å². The number of ether oxygens (including phenoxy) is 1. The Hall–Kier alpha value is -1.46. The first-order chi connectivity index (χ1) is 12.2. The van der Waals surface area contributed by atoms with Crippen LogP contribution in [0, 0.1) is 0 Å². The van der Waals surface area contributed by atoms with E-state index in [0.29, 0.717) is 11.6 Å². The molecule has 1 unspecified atom stereocenters. The van der Waals surface area contributed by atoms with E-state index in [1.165, 1.54) is 38.9 Å². The molecule has 0 aliphatic carbocycles. The number of nitrogens with one attached hydrogen (secondary N) is 2. The van der Waals surface area contributed by atoms with Gasteiger partial charge >= 0.3 is 0 Å². The van der Waals surface area contributed by atoms with Gasteiger partial charge in [0.2, 0.25) is 0 Å². The Morgan fingerprint density at radius 1 is 1.20 bits per heavy atom. The fourth-order valence-corrected chi connectivity index (χ4v) is 3.05. The van der Waals surface area contributed by atoms with Crippen molar-refractivity contribution in [1.29, 1.82) is 0 Å². The van der Waals surface area contributed by atoms with Crippen molar-refractivity contribution in [3.8, 4) is 5.75 Å². The Balaban J connectivity index is 1.56. The molecule has 0 bridgehead atoms. The number of guanidine groups is 1. The molecule has 1 fully saturated rings. The zero-order valence-corrected chi connectivity index (χ0v) is 16.2. The van der Waals surface area contributed by atoms with Crippen LogP contribution in [0.5, 0.6) is 5.75 Å². The summed E-state index contributed by atoms with van der Waals surface area (Å²) in [6.45, 7) is 7.45. The van der Waals surface area contributed by atoms with E-state index < -0.39 is 0 Å². The third-order valence-corrected chi connectivity index (χ3v) is 4.58. The summed E-state index contributed by atoms with van der Waals surface area (Å²) in [6.07, 6.45) is 5.17. The molecule has 1 aliphatic heterocycles. The van der Waals surface area contributed by atoms with Gasteiger partial charge in [0.05, 0.1) is 6.54 Å². The molecular formula is C19H31ClN4O. The molecular weight excluding hydrogens is 336 g/mol. The SMILES string of the molecule is CN=C(NCCCCN1CCCC1)NCC(C)Oc1ccc(Cl)cc1. The third kappa shape index (κ3) is 7.97. The smallest absolute Gasteiger partial charge is 0.191 e. The van der Waals surface area contributed by atoms with Gasteiger partial charge in [-0.3, -0.25) is 4.99 Å². The lowest BCUT2D eigenvalue weighted by Gasteiger charge is -2.18. The zero-order valence-electron chi connectivity index (χ0n) is 15.4. The molecule has 2 rings (SSSR count). The van der Waals surface area contributed by atoms with Crippen LogP contribution in [0.4, 0.5) is 0 Å². The summed E-state index contributed by atoms with van der Waals surface area (Å²) in [5.74, 6) is 1.65. The van der Waals surface area contributed by atoms with E-state index in [2.05, 4.69) is 20.5 Å². The van der Waals surface area contributed by atoms with E-state index in [9.17, 15) is 0 Å². The second kappa shape index (κ2) is 11.2. The van der Waals surface area contributed by atoms with Crippen LogP contribution in [0.3, 0.4) is 0 Å². The maximum absolute atomic E-state index is 5.88. The lowest BCUT2D eigenvalue weighted by molar-refractivity contribution is 0.224. The Kier molecular flexibility index (Phi) is 8.91. The van der Waals surface area contributed by atoms with E-state index in [-0.39, 0.29) is 6.10 Å². The van der Waals surface area contributed by atoms with Gasteiger partial charge in [0.25, 0.3) is 0 Å². The maximum atomic E-state index is 5.88. The first-order valence-corrected chi connectivity index (χ1v) is 9.64. The van der Waals surface area contributed by atoms with Gasteiger partial charge in [-0.1, -0.05) is 11.6 Å². The van der Waals surface area contributed by atoms with Crippen LogP contribution in [0.2, 0.25) is 5.02 Å². The molecule has 1 atom stereocenters. The fraction of sp³-hybridized carbons (Fsp3) is 0.632. The van der Waals surface area contributed by atoms with Crippen LogP contribution in [0.15, 0.2) is 29.3 Å². The van der Waals surface area contributed by atoms with Crippen LogP contribution >= 0.6 is 11.6 Å². The summed E-state index contributed by atoms with van der Waals surface area (Å²) in [5, 5.41) is 7.39. The molecule has 6 heteroatoms. The molecule has 0 radical (unpaired) electrons. The number of aliphatic imine (C=N–C) groups is 1. The first-order valence-electron chi connectivity index (χ1n) is 9.26. The Bertz CT molecular complexity index is 515. The number of benzene rings is 1. The minimum absolute atomic E-state index is 0.0369. The van der Waals surface area contributed by atoms with E-state index >= 15 is 0 Å². The number of nitrogens with zero attached hydrogens (tertiary/aromatic N) is 2. The molecule has 0 amide bonds. The van der Waals surface area contributed by atoms with Crippen LogP contribution in [-0.4, -0.2) is 56.7 Å². The number of hydrogen-bond acceptors (Lipinski definition) is 3. The highest BCUT2D eigenvalue weighted by molar-refractivity contribution is 6.30. The number of rotatable bonds is 9. The van der Waals surface area contributed by atoms with Gasteiger partial charge in [0, 0.05) is 18.6 Å². The van der Waals surface area contributed by atoms with E-state index in [1.807, 2.05) is 31.2 Å². The molecule has 0 aromatic heterocycles. The molecule has 1 aromatic rings. The number of hydrogen-bond donors (Lipinski definition) is 2. The fourth-order valence-electron chi connectivity index (χ4n) is 2.92. The van der Waals surface area contributed by atoms with Gasteiger partial charge in [0.1, 0.15) is 11.9 Å². The quantitative estimate of drug-likeness (QED) is 0.400. The van der Waals surface area contributed by atoms with Gasteiger partial charge < -0.3 is 20.3 Å². The van der Waals surface area contributed by atoms with Gasteiger partial charge in [0.15, 0.2) is 5.96 Å². The van der Waals surface area contributed by atoms with E-state index in [1.54, 1.807) is 7.05 Å². The minimum atomic E-state index is 0.0369. The van der Waals surface area contributed by atoms with Crippen molar-refractivity contribution in [2.24, 2.45) is 4.99 Å². The van der Waals surface area contributed by atoms with Crippen molar-refractivity contribution < 1.29 is 4.74 Å². The molecule has 140 valence electrons. The summed E-state index contributed by atoms with van der Waals surface area (Å²) >= 11 is 5.88. The summed E-state index contributed by atoms with van der Waals surface area (Å²) in [5.41, 5.74) is 0. The van der Waals surface area contributed by atoms with Crippen molar-refractivity contribution in [1.82, 2.24) is 15.5 Å². The predicted octanol–water partition coefficient (Wildman–Crippen LogP) is 3.15. The minimum Gasteiger partial charge on any atom is -0.489 e. The summed E-state index contributed by atoms with van der Waals surface area (Å²) in [7, 11) is 1.80. The number of likely N-dealkylation sites (tertiary alicyclic amines) is 1. The highest BCUT2D eigenvalue weighted by Crippen LogP contribution is 2.16. The topological polar surface area (TPSA) is 48.9 Å². The standard InChI is InChI=1S/C19H31ClN4O/c1-16(25-18-9-7-17(20)8-10-18)15-23-19(21-2)22-11-3-4-12-24-13-5-6-14-24/h7-10,16H,3-6,11-15H2,1-2H3,(H2,21,22,23). The highest BCUT2D eigenvalue weighted by Gasteiger charge is 2.10. The van der Waals surface area contributed by atoms with Gasteiger partial charge in [-0.2, -0.15) is 0 Å². The monoisotopic (exact) mass is 366 g/mol. The molecule has 1 aliphatic rings. The molecule has 1 aromatic carbocycles. The molecule has 1 saturated heterocycles. The van der Waals surface area contributed by atoms with Crippen molar-refractivity contribution in [3.63, 3.8) is 0 Å². The van der Waals surface area contributed by atoms with Gasteiger partial charge in [-0.25, -0.2) is 0 Å². The second-order valence-electron chi connectivity index (χ2n) is 6.52. The molecule has 0 spiro atoms. The van der Waals surface area contributed by atoms with Crippen molar-refractivity contribution in [2.75, 3.05) is 39.8 Å². The average molecular weight is 367 g/mol. The van der Waals surface area contributed by atoms with Crippen molar-refractivity contribution >= 4 is 17.6 Å². The van der Waals surface area contributed by atoms with Gasteiger partial charge in [-0.05, 0) is 76.5 Å². The molecule has 25 heavy (non-hydrogen) atoms. The molecule has 0 saturated carbocycles. The summed E-state index contributed by atoms with van der Waals surface area (Å²) in [4.78, 5) is 6.82. The largest absolute Gasteiger partial charge is 0.489 e. The maximum Gasteiger partial charge on any atom is 0.191 e. The summed E-state index contributed by atoms with van der Waals surface area (Å²) < 4.78 is 5.85. The van der Waals surface area contributed by atoms with Crippen LogP contribution < -0.4 is 15.4 Å². The Morgan fingerprint density at radius 3 is 2.60 bits per heavy atom. The lowest BCUT2D eigenvalue weighted by Crippen LogP contribution is -2.42. The van der Waals surface area contributed by atoms with Gasteiger partial charge in [-0.15, -0.1) is 0 Å². The summed E-state index contributed by atoms with van der Waals surface area (Å²) in [6, 6.07) is 7.43. The molecule has 1 heterocycles. The zero-order chi connectivity index (χ0) is 17.9. The lowest BCUT2D eigenvalue weighted by atomic mass is 10.3. The third-order valence-electron chi connectivity index (χ3n) is 4.32. The first kappa shape index (κ1) is 19.9. The molecule has 5 nitrogen and oxygen atoms in total. The van der Waals surface area contributed by atoms with Crippen molar-refractivity contribution in [2.45, 2.75) is 38.7 Å². The van der Waals surface area contributed by atoms with E-state index in [4.69, 9.17) is 16.3 Å². The second-order valence-corrected chi connectivity index (χ2v) is 6.95. The Labute approximate surface area is 156 Å². The normalized spacial score (nSPS) is 16.7. The highest BCUT2D eigenvalue weighted by atomic mass is 35.5. The Morgan fingerprint density at radius 2 is 1.92 bits per heavy atom. The predicted molar refractivity (Wildman–Crippen MR) is 106 cm³/mol. The van der Waals surface area contributed by atoms with Crippen LogP contribution in [0.25, 0.3) is 0 Å². The van der Waals surface area contributed by atoms with E-state index in [0.717, 1.165) is 24.7 Å². The number of halogens is 1. The molecule has 2 N–H and O–H groups in total. The number of unbranched alkanes of at least 4 members (excludes halogenated alkanes) is 1.